The van der Waals surface area contributed by atoms with Crippen molar-refractivity contribution in [1.29, 1.82) is 0 Å². The van der Waals surface area contributed by atoms with Crippen LogP contribution in [0, 0.1) is 5.82 Å². The van der Waals surface area contributed by atoms with Crippen molar-refractivity contribution in [3.8, 4) is 11.5 Å². The molecule has 1 saturated heterocycles. The number of thiocarbonyl (C=S) groups is 1. The molecule has 0 saturated carbocycles. The molecule has 0 unspecified atom stereocenters. The van der Waals surface area contributed by atoms with E-state index in [9.17, 15) is 14.0 Å². The van der Waals surface area contributed by atoms with Crippen LogP contribution in [0.1, 0.15) is 18.9 Å². The molecule has 0 radical (unpaired) electrons. The number of carbonyl (C=O) groups excluding carboxylic acids is 2. The average Bonchev–Trinajstić information content (AvgIpc) is 3.01. The molecule has 1 aliphatic heterocycles. The summed E-state index contributed by atoms with van der Waals surface area (Å²) in [5.41, 5.74) is 1.45. The number of amides is 2. The standard InChI is InChI=1S/C23H26FN3O4S/c1-4-26-22(29)18(14-21(28)25-17-8-6-16(24)7-9-17)27(23(26)32)12-11-15-5-10-19(30-2)20(13-15)31-3/h5-10,13,18H,4,11-12,14H2,1-3H3,(H,25,28)/t18-/m1/s1. The van der Waals surface area contributed by atoms with Crippen molar-refractivity contribution in [1.82, 2.24) is 9.80 Å². The number of likely N-dealkylation sites (N-methyl/N-ethyl adjacent to an activating group) is 1. The Hall–Kier alpha value is -3.20. The smallest absolute Gasteiger partial charge is 0.252 e. The van der Waals surface area contributed by atoms with E-state index < -0.39 is 6.04 Å². The van der Waals surface area contributed by atoms with Crippen molar-refractivity contribution in [2.45, 2.75) is 25.8 Å². The molecule has 170 valence electrons. The van der Waals surface area contributed by atoms with Gasteiger partial charge in [-0.15, -0.1) is 0 Å². The first kappa shape index (κ1) is 23.5. The molecule has 0 aromatic heterocycles. The van der Waals surface area contributed by atoms with Crippen LogP contribution in [0.15, 0.2) is 42.5 Å². The quantitative estimate of drug-likeness (QED) is 0.581. The van der Waals surface area contributed by atoms with Gasteiger partial charge in [0, 0.05) is 18.8 Å². The topological polar surface area (TPSA) is 71.1 Å². The van der Waals surface area contributed by atoms with Crippen molar-refractivity contribution >= 4 is 34.8 Å². The minimum absolute atomic E-state index is 0.0568. The van der Waals surface area contributed by atoms with Gasteiger partial charge < -0.3 is 19.7 Å². The van der Waals surface area contributed by atoms with Crippen LogP contribution in [0.3, 0.4) is 0 Å². The van der Waals surface area contributed by atoms with Gasteiger partial charge in [0.05, 0.1) is 20.6 Å². The van der Waals surface area contributed by atoms with Crippen molar-refractivity contribution in [2.24, 2.45) is 0 Å². The average molecular weight is 460 g/mol. The summed E-state index contributed by atoms with van der Waals surface area (Å²) in [6.45, 7) is 2.74. The molecule has 3 rings (SSSR count). The summed E-state index contributed by atoms with van der Waals surface area (Å²) in [6.07, 6.45) is 0.542. The van der Waals surface area contributed by atoms with Gasteiger partial charge in [0.1, 0.15) is 11.9 Å². The summed E-state index contributed by atoms with van der Waals surface area (Å²) >= 11 is 5.53. The van der Waals surface area contributed by atoms with Gasteiger partial charge in [0.25, 0.3) is 5.91 Å². The third-order valence-electron chi connectivity index (χ3n) is 5.32. The van der Waals surface area contributed by atoms with E-state index in [4.69, 9.17) is 21.7 Å². The Balaban J connectivity index is 1.71. The number of carbonyl (C=O) groups is 2. The highest BCUT2D eigenvalue weighted by Gasteiger charge is 2.42. The van der Waals surface area contributed by atoms with Gasteiger partial charge in [-0.2, -0.15) is 0 Å². The molecule has 1 heterocycles. The number of rotatable bonds is 9. The van der Waals surface area contributed by atoms with Crippen molar-refractivity contribution in [2.75, 3.05) is 32.6 Å². The van der Waals surface area contributed by atoms with Gasteiger partial charge >= 0.3 is 0 Å². The van der Waals surface area contributed by atoms with Crippen LogP contribution in [0.25, 0.3) is 0 Å². The van der Waals surface area contributed by atoms with Crippen LogP contribution >= 0.6 is 12.2 Å². The molecule has 1 aliphatic rings. The molecule has 9 heteroatoms. The van der Waals surface area contributed by atoms with E-state index in [2.05, 4.69) is 5.32 Å². The maximum atomic E-state index is 13.1. The van der Waals surface area contributed by atoms with Crippen LogP contribution in [0.2, 0.25) is 0 Å². The van der Waals surface area contributed by atoms with E-state index in [0.29, 0.717) is 41.8 Å². The van der Waals surface area contributed by atoms with Gasteiger partial charge in [-0.1, -0.05) is 6.07 Å². The Bertz CT molecular complexity index is 999. The molecule has 0 aliphatic carbocycles. The Kier molecular flexibility index (Phi) is 7.63. The Morgan fingerprint density at radius 2 is 1.81 bits per heavy atom. The van der Waals surface area contributed by atoms with Crippen LogP contribution in [0.5, 0.6) is 11.5 Å². The summed E-state index contributed by atoms with van der Waals surface area (Å²) in [5.74, 6) is 0.330. The fraction of sp³-hybridized carbons (Fsp3) is 0.348. The Morgan fingerprint density at radius 3 is 2.44 bits per heavy atom. The van der Waals surface area contributed by atoms with Crippen LogP contribution < -0.4 is 14.8 Å². The number of halogens is 1. The number of hydrogen-bond acceptors (Lipinski definition) is 5. The third-order valence-corrected chi connectivity index (χ3v) is 5.77. The fourth-order valence-corrected chi connectivity index (χ4v) is 4.08. The highest BCUT2D eigenvalue weighted by molar-refractivity contribution is 7.80. The lowest BCUT2D eigenvalue weighted by Crippen LogP contribution is -2.39. The molecule has 2 aromatic carbocycles. The largest absolute Gasteiger partial charge is 0.493 e. The van der Waals surface area contributed by atoms with Gasteiger partial charge in [-0.05, 0) is 67.5 Å². The molecule has 2 aromatic rings. The summed E-state index contributed by atoms with van der Waals surface area (Å²) in [7, 11) is 3.15. The second kappa shape index (κ2) is 10.4. The molecule has 1 N–H and O–H groups in total. The molecule has 1 atom stereocenters. The first-order valence-corrected chi connectivity index (χ1v) is 10.7. The molecular formula is C23H26FN3O4S. The van der Waals surface area contributed by atoms with Crippen molar-refractivity contribution in [3.63, 3.8) is 0 Å². The maximum absolute atomic E-state index is 13.1. The molecule has 7 nitrogen and oxygen atoms in total. The summed E-state index contributed by atoms with van der Waals surface area (Å²) < 4.78 is 23.7. The van der Waals surface area contributed by atoms with Gasteiger partial charge in [-0.25, -0.2) is 4.39 Å². The normalized spacial score (nSPS) is 15.8. The van der Waals surface area contributed by atoms with Gasteiger partial charge in [0.15, 0.2) is 16.6 Å². The lowest BCUT2D eigenvalue weighted by Gasteiger charge is -2.24. The van der Waals surface area contributed by atoms with Crippen molar-refractivity contribution < 1.29 is 23.5 Å². The first-order valence-electron chi connectivity index (χ1n) is 10.3. The number of nitrogens with zero attached hydrogens (tertiary/aromatic N) is 2. The van der Waals surface area contributed by atoms with Crippen LogP contribution in [-0.2, 0) is 16.0 Å². The molecule has 0 spiro atoms. The van der Waals surface area contributed by atoms with Gasteiger partial charge in [-0.3, -0.25) is 14.5 Å². The van der Waals surface area contributed by atoms with Gasteiger partial charge in [0.2, 0.25) is 5.91 Å². The fourth-order valence-electron chi connectivity index (χ4n) is 3.64. The summed E-state index contributed by atoms with van der Waals surface area (Å²) in [5, 5.41) is 3.12. The molecule has 2 amide bonds. The SMILES string of the molecule is CCN1C(=O)[C@@H](CC(=O)Nc2ccc(F)cc2)N(CCc2ccc(OC)c(OC)c2)C1=S. The second-order valence-corrected chi connectivity index (χ2v) is 7.64. The summed E-state index contributed by atoms with van der Waals surface area (Å²) in [6, 6.07) is 10.4. The number of hydrogen-bond donors (Lipinski definition) is 1. The zero-order chi connectivity index (χ0) is 23.3. The van der Waals surface area contributed by atoms with E-state index in [1.165, 1.54) is 29.2 Å². The lowest BCUT2D eigenvalue weighted by atomic mass is 10.1. The summed E-state index contributed by atoms with van der Waals surface area (Å²) in [4.78, 5) is 28.8. The molecule has 32 heavy (non-hydrogen) atoms. The predicted molar refractivity (Wildman–Crippen MR) is 123 cm³/mol. The molecule has 0 bridgehead atoms. The number of nitrogens with one attached hydrogen (secondary N) is 1. The third kappa shape index (κ3) is 5.16. The first-order chi connectivity index (χ1) is 15.4. The van der Waals surface area contributed by atoms with E-state index in [-0.39, 0.29) is 24.1 Å². The molecule has 1 fully saturated rings. The van der Waals surface area contributed by atoms with E-state index in [0.717, 1.165) is 5.56 Å². The Morgan fingerprint density at radius 1 is 1.12 bits per heavy atom. The van der Waals surface area contributed by atoms with Crippen molar-refractivity contribution in [3.05, 3.63) is 53.8 Å². The van der Waals surface area contributed by atoms with E-state index in [1.54, 1.807) is 19.1 Å². The monoisotopic (exact) mass is 459 g/mol. The Labute approximate surface area is 192 Å². The van der Waals surface area contributed by atoms with Crippen LogP contribution in [0.4, 0.5) is 10.1 Å². The lowest BCUT2D eigenvalue weighted by molar-refractivity contribution is -0.130. The number of anilines is 1. The number of benzene rings is 2. The highest BCUT2D eigenvalue weighted by atomic mass is 32.1. The minimum atomic E-state index is -0.692. The van der Waals surface area contributed by atoms with E-state index in [1.807, 2.05) is 25.1 Å². The zero-order valence-electron chi connectivity index (χ0n) is 18.3. The highest BCUT2D eigenvalue weighted by Crippen LogP contribution is 2.28. The predicted octanol–water partition coefficient (Wildman–Crippen LogP) is 3.23. The van der Waals surface area contributed by atoms with Crippen LogP contribution in [-0.4, -0.2) is 60.1 Å². The molecular weight excluding hydrogens is 433 g/mol. The second-order valence-electron chi connectivity index (χ2n) is 7.27. The van der Waals surface area contributed by atoms with E-state index >= 15 is 0 Å². The zero-order valence-corrected chi connectivity index (χ0v) is 19.1. The number of ether oxygens (including phenoxy) is 2. The minimum Gasteiger partial charge on any atom is -0.493 e. The maximum Gasteiger partial charge on any atom is 0.252 e. The number of methoxy groups -OCH3 is 2.